The Bertz CT molecular complexity index is 773. The van der Waals surface area contributed by atoms with E-state index in [4.69, 9.17) is 4.74 Å². The smallest absolute Gasteiger partial charge is 0.347 e. The molecular formula is C21H18O3. The number of hydrogen-bond acceptors (Lipinski definition) is 3. The van der Waals surface area contributed by atoms with E-state index < -0.39 is 11.9 Å². The molecule has 3 heteroatoms. The molecule has 24 heavy (non-hydrogen) atoms. The van der Waals surface area contributed by atoms with E-state index >= 15 is 0 Å². The predicted molar refractivity (Wildman–Crippen MR) is 93.0 cm³/mol. The van der Waals surface area contributed by atoms with Crippen LogP contribution in [0.25, 0.3) is 5.57 Å². The third kappa shape index (κ3) is 3.06. The fourth-order valence-corrected chi connectivity index (χ4v) is 2.78. The van der Waals surface area contributed by atoms with E-state index in [0.717, 1.165) is 29.5 Å². The summed E-state index contributed by atoms with van der Waals surface area (Å²) in [6, 6.07) is 19.2. The van der Waals surface area contributed by atoms with Crippen LogP contribution >= 0.6 is 0 Å². The molecule has 0 amide bonds. The molecule has 0 unspecified atom stereocenters. The third-order valence-corrected chi connectivity index (χ3v) is 3.89. The molecule has 120 valence electrons. The van der Waals surface area contributed by atoms with Crippen LogP contribution in [-0.2, 0) is 14.3 Å². The second-order valence-electron chi connectivity index (χ2n) is 5.57. The normalized spacial score (nSPS) is 15.7. The second-order valence-corrected chi connectivity index (χ2v) is 5.57. The zero-order valence-corrected chi connectivity index (χ0v) is 13.5. The standard InChI is InChI=1S/C21H18O3/c1-2-3-14-17-19(21(23)24-20(17)22)18(15-10-6-4-7-11-15)16-12-8-5-9-13-16/h4-14H,2-3H2,1H3. The summed E-state index contributed by atoms with van der Waals surface area (Å²) in [7, 11) is 0. The fraction of sp³-hybridized carbons (Fsp3) is 0.143. The van der Waals surface area contributed by atoms with Gasteiger partial charge in [0.15, 0.2) is 0 Å². The lowest BCUT2D eigenvalue weighted by Gasteiger charge is -2.11. The molecule has 0 radical (unpaired) electrons. The number of ether oxygens (including phenoxy) is 1. The van der Waals surface area contributed by atoms with Gasteiger partial charge >= 0.3 is 11.9 Å². The summed E-state index contributed by atoms with van der Waals surface area (Å²) in [5.41, 5.74) is 3.21. The average molecular weight is 318 g/mol. The lowest BCUT2D eigenvalue weighted by atomic mass is 9.90. The SMILES string of the molecule is CCCC=C1C(=O)OC(=O)C1=C(c1ccccc1)c1ccccc1. The van der Waals surface area contributed by atoms with Crippen molar-refractivity contribution < 1.29 is 14.3 Å². The summed E-state index contributed by atoms with van der Waals surface area (Å²) in [6.07, 6.45) is 3.41. The van der Waals surface area contributed by atoms with E-state index in [-0.39, 0.29) is 0 Å². The van der Waals surface area contributed by atoms with Crippen molar-refractivity contribution in [3.63, 3.8) is 0 Å². The van der Waals surface area contributed by atoms with E-state index in [1.165, 1.54) is 0 Å². The molecule has 1 saturated heterocycles. The van der Waals surface area contributed by atoms with Gasteiger partial charge in [0, 0.05) is 5.57 Å². The van der Waals surface area contributed by atoms with Gasteiger partial charge < -0.3 is 4.74 Å². The number of benzene rings is 2. The first-order chi connectivity index (χ1) is 11.7. The highest BCUT2D eigenvalue weighted by atomic mass is 16.6. The van der Waals surface area contributed by atoms with Crippen LogP contribution in [0.5, 0.6) is 0 Å². The number of unbranched alkanes of at least 4 members (excludes halogenated alkanes) is 1. The highest BCUT2D eigenvalue weighted by molar-refractivity contribution is 6.23. The van der Waals surface area contributed by atoms with Crippen molar-refractivity contribution >= 4 is 17.5 Å². The summed E-state index contributed by atoms with van der Waals surface area (Å²) in [5.74, 6) is -1.14. The van der Waals surface area contributed by atoms with E-state index in [1.807, 2.05) is 67.6 Å². The molecule has 1 aliphatic rings. The number of esters is 2. The van der Waals surface area contributed by atoms with Crippen LogP contribution in [0.4, 0.5) is 0 Å². The van der Waals surface area contributed by atoms with Gasteiger partial charge in [-0.25, -0.2) is 9.59 Å². The minimum absolute atomic E-state index is 0.353. The Morgan fingerprint density at radius 3 is 1.92 bits per heavy atom. The van der Waals surface area contributed by atoms with Crippen LogP contribution in [0.2, 0.25) is 0 Å². The first kappa shape index (κ1) is 15.9. The minimum Gasteiger partial charge on any atom is -0.386 e. The number of rotatable bonds is 4. The highest BCUT2D eigenvalue weighted by Gasteiger charge is 2.36. The average Bonchev–Trinajstić information content (AvgIpc) is 2.89. The molecule has 1 fully saturated rings. The van der Waals surface area contributed by atoms with Gasteiger partial charge in [-0.05, 0) is 17.5 Å². The maximum absolute atomic E-state index is 12.4. The zero-order chi connectivity index (χ0) is 16.9. The summed E-state index contributed by atoms with van der Waals surface area (Å²) >= 11 is 0. The predicted octanol–water partition coefficient (Wildman–Crippen LogP) is 4.30. The van der Waals surface area contributed by atoms with E-state index in [0.29, 0.717) is 11.1 Å². The molecule has 0 saturated carbocycles. The number of cyclic esters (lactones) is 2. The van der Waals surface area contributed by atoms with Gasteiger partial charge in [-0.2, -0.15) is 0 Å². The van der Waals surface area contributed by atoms with Crippen LogP contribution in [0.1, 0.15) is 30.9 Å². The van der Waals surface area contributed by atoms with E-state index in [2.05, 4.69) is 0 Å². The Morgan fingerprint density at radius 2 is 1.42 bits per heavy atom. The second kappa shape index (κ2) is 7.09. The van der Waals surface area contributed by atoms with E-state index in [9.17, 15) is 9.59 Å². The lowest BCUT2D eigenvalue weighted by Crippen LogP contribution is -2.02. The van der Waals surface area contributed by atoms with Crippen LogP contribution in [-0.4, -0.2) is 11.9 Å². The molecule has 1 heterocycles. The summed E-state index contributed by atoms with van der Waals surface area (Å²) < 4.78 is 4.90. The van der Waals surface area contributed by atoms with Gasteiger partial charge in [0.05, 0.1) is 11.1 Å². The Kier molecular flexibility index (Phi) is 4.71. The number of carbonyl (C=O) groups is 2. The number of hydrogen-bond donors (Lipinski definition) is 0. The Balaban J connectivity index is 2.28. The van der Waals surface area contributed by atoms with Gasteiger partial charge in [-0.3, -0.25) is 0 Å². The maximum Gasteiger partial charge on any atom is 0.347 e. The molecule has 2 aromatic rings. The van der Waals surface area contributed by atoms with Crippen molar-refractivity contribution in [1.29, 1.82) is 0 Å². The third-order valence-electron chi connectivity index (χ3n) is 3.89. The van der Waals surface area contributed by atoms with Crippen LogP contribution in [0.15, 0.2) is 77.9 Å². The summed E-state index contributed by atoms with van der Waals surface area (Å²) in [5, 5.41) is 0. The summed E-state index contributed by atoms with van der Waals surface area (Å²) in [6.45, 7) is 2.03. The van der Waals surface area contributed by atoms with Gasteiger partial charge in [-0.1, -0.05) is 80.1 Å². The van der Waals surface area contributed by atoms with Crippen molar-refractivity contribution in [3.05, 3.63) is 89.0 Å². The Morgan fingerprint density at radius 1 is 0.875 bits per heavy atom. The van der Waals surface area contributed by atoms with Crippen LogP contribution in [0.3, 0.4) is 0 Å². The van der Waals surface area contributed by atoms with E-state index in [1.54, 1.807) is 6.08 Å². The molecule has 2 aromatic carbocycles. The van der Waals surface area contributed by atoms with Crippen LogP contribution < -0.4 is 0 Å². The molecule has 0 N–H and O–H groups in total. The molecule has 0 aromatic heterocycles. The molecule has 0 atom stereocenters. The largest absolute Gasteiger partial charge is 0.386 e. The van der Waals surface area contributed by atoms with Gasteiger partial charge in [0.2, 0.25) is 0 Å². The quantitative estimate of drug-likeness (QED) is 0.479. The first-order valence-electron chi connectivity index (χ1n) is 8.04. The molecule has 0 spiro atoms. The zero-order valence-electron chi connectivity index (χ0n) is 13.5. The monoisotopic (exact) mass is 318 g/mol. The van der Waals surface area contributed by atoms with Crippen molar-refractivity contribution in [3.8, 4) is 0 Å². The first-order valence-corrected chi connectivity index (χ1v) is 8.04. The molecule has 3 nitrogen and oxygen atoms in total. The van der Waals surface area contributed by atoms with Crippen molar-refractivity contribution in [2.45, 2.75) is 19.8 Å². The minimum atomic E-state index is -0.579. The molecule has 0 bridgehead atoms. The summed E-state index contributed by atoms with van der Waals surface area (Å²) in [4.78, 5) is 24.5. The Hall–Kier alpha value is -2.94. The lowest BCUT2D eigenvalue weighted by molar-refractivity contribution is -0.149. The van der Waals surface area contributed by atoms with Gasteiger partial charge in [-0.15, -0.1) is 0 Å². The molecule has 1 aliphatic heterocycles. The molecular weight excluding hydrogens is 300 g/mol. The highest BCUT2D eigenvalue weighted by Crippen LogP contribution is 2.35. The Labute approximate surface area is 141 Å². The van der Waals surface area contributed by atoms with Crippen molar-refractivity contribution in [1.82, 2.24) is 0 Å². The topological polar surface area (TPSA) is 43.4 Å². The maximum atomic E-state index is 12.4. The fourth-order valence-electron chi connectivity index (χ4n) is 2.78. The van der Waals surface area contributed by atoms with Gasteiger partial charge in [0.1, 0.15) is 0 Å². The number of carbonyl (C=O) groups excluding carboxylic acids is 2. The number of allylic oxidation sites excluding steroid dienone is 1. The van der Waals surface area contributed by atoms with Crippen molar-refractivity contribution in [2.24, 2.45) is 0 Å². The van der Waals surface area contributed by atoms with Gasteiger partial charge in [0.25, 0.3) is 0 Å². The molecule has 0 aliphatic carbocycles. The van der Waals surface area contributed by atoms with Crippen LogP contribution in [0, 0.1) is 0 Å². The van der Waals surface area contributed by atoms with Crippen molar-refractivity contribution in [2.75, 3.05) is 0 Å². The molecule has 3 rings (SSSR count).